The largest absolute Gasteiger partial charge is 0.506 e. The number of benzene rings is 2. The van der Waals surface area contributed by atoms with Crippen LogP contribution in [-0.4, -0.2) is 33.5 Å². The number of phenols is 1. The molecule has 174 valence electrons. The standard InChI is InChI=1S/C26H30N2O5/c1-13-14(2)16(4)22-11-18(10-21(22)15(13)3)27-12-24(31)19-6-8-23(30)26-20(19)7-9-25(32)28(26)33-17(5)29/h6-9,18,24,27,30-31H,10-12H2,1-5H3/t24-/m1/s1. The van der Waals surface area contributed by atoms with Gasteiger partial charge in [0.1, 0.15) is 11.3 Å². The van der Waals surface area contributed by atoms with Gasteiger partial charge in [0.05, 0.1) is 6.10 Å². The molecule has 4 rings (SSSR count). The van der Waals surface area contributed by atoms with E-state index < -0.39 is 17.6 Å². The first-order valence-electron chi connectivity index (χ1n) is 11.2. The molecule has 0 spiro atoms. The Labute approximate surface area is 192 Å². The number of hydrogen-bond acceptors (Lipinski definition) is 6. The summed E-state index contributed by atoms with van der Waals surface area (Å²) >= 11 is 0. The van der Waals surface area contributed by atoms with Crippen molar-refractivity contribution >= 4 is 16.9 Å². The van der Waals surface area contributed by atoms with Gasteiger partial charge in [0, 0.05) is 31.0 Å². The van der Waals surface area contributed by atoms with Gasteiger partial charge in [-0.2, -0.15) is 0 Å². The summed E-state index contributed by atoms with van der Waals surface area (Å²) < 4.78 is 0.764. The van der Waals surface area contributed by atoms with Crippen molar-refractivity contribution in [3.63, 3.8) is 0 Å². The minimum absolute atomic E-state index is 0.0553. The number of rotatable bonds is 5. The van der Waals surface area contributed by atoms with E-state index in [-0.39, 0.29) is 17.3 Å². The predicted octanol–water partition coefficient (Wildman–Crippen LogP) is 2.71. The molecule has 0 fully saturated rings. The molecule has 7 nitrogen and oxygen atoms in total. The Hall–Kier alpha value is -3.16. The van der Waals surface area contributed by atoms with Gasteiger partial charge in [-0.1, -0.05) is 6.07 Å². The summed E-state index contributed by atoms with van der Waals surface area (Å²) in [5.74, 6) is -0.899. The van der Waals surface area contributed by atoms with E-state index in [0.717, 1.165) is 17.6 Å². The molecule has 0 saturated carbocycles. The zero-order valence-electron chi connectivity index (χ0n) is 19.7. The fourth-order valence-corrected chi connectivity index (χ4v) is 4.96. The van der Waals surface area contributed by atoms with Crippen molar-refractivity contribution in [1.82, 2.24) is 10.0 Å². The number of aliphatic hydroxyl groups is 1. The van der Waals surface area contributed by atoms with E-state index in [2.05, 4.69) is 33.0 Å². The van der Waals surface area contributed by atoms with Crippen LogP contribution in [0.2, 0.25) is 0 Å². The van der Waals surface area contributed by atoms with E-state index in [1.807, 2.05) is 0 Å². The normalized spacial score (nSPS) is 14.5. The number of fused-ring (bicyclic) bond motifs is 2. The van der Waals surface area contributed by atoms with Crippen molar-refractivity contribution in [3.8, 4) is 5.75 Å². The second kappa shape index (κ2) is 8.65. The van der Waals surface area contributed by atoms with E-state index in [1.54, 1.807) is 6.07 Å². The van der Waals surface area contributed by atoms with Gasteiger partial charge in [0.2, 0.25) is 0 Å². The minimum Gasteiger partial charge on any atom is -0.506 e. The molecule has 0 bridgehead atoms. The maximum Gasteiger partial charge on any atom is 0.330 e. The van der Waals surface area contributed by atoms with Crippen molar-refractivity contribution in [2.45, 2.75) is 59.6 Å². The van der Waals surface area contributed by atoms with Crippen molar-refractivity contribution in [2.24, 2.45) is 0 Å². The summed E-state index contributed by atoms with van der Waals surface area (Å²) in [5.41, 5.74) is 8.22. The number of hydrogen-bond donors (Lipinski definition) is 3. The summed E-state index contributed by atoms with van der Waals surface area (Å²) in [7, 11) is 0. The number of phenolic OH excluding ortho intramolecular Hbond substituents is 1. The molecule has 1 aliphatic rings. The molecular weight excluding hydrogens is 420 g/mol. The van der Waals surface area contributed by atoms with Gasteiger partial charge < -0.3 is 20.4 Å². The Bertz CT molecular complexity index is 1290. The van der Waals surface area contributed by atoms with Crippen molar-refractivity contribution in [1.29, 1.82) is 0 Å². The van der Waals surface area contributed by atoms with Gasteiger partial charge in [-0.3, -0.25) is 4.79 Å². The van der Waals surface area contributed by atoms with Crippen LogP contribution in [0.1, 0.15) is 52.0 Å². The highest BCUT2D eigenvalue weighted by molar-refractivity contribution is 5.88. The number of nitrogens with zero attached hydrogens (tertiary/aromatic N) is 1. The second-order valence-corrected chi connectivity index (χ2v) is 8.97. The van der Waals surface area contributed by atoms with Crippen LogP contribution in [0.3, 0.4) is 0 Å². The Kier molecular flexibility index (Phi) is 6.03. The van der Waals surface area contributed by atoms with Gasteiger partial charge in [-0.15, -0.1) is 4.73 Å². The number of pyridine rings is 1. The zero-order valence-corrected chi connectivity index (χ0v) is 19.7. The fraction of sp³-hybridized carbons (Fsp3) is 0.385. The Morgan fingerprint density at radius 2 is 1.67 bits per heavy atom. The van der Waals surface area contributed by atoms with Gasteiger partial charge in [-0.05, 0) is 91.6 Å². The smallest absolute Gasteiger partial charge is 0.330 e. The van der Waals surface area contributed by atoms with Crippen molar-refractivity contribution in [3.05, 3.63) is 73.6 Å². The van der Waals surface area contributed by atoms with Gasteiger partial charge in [-0.25, -0.2) is 4.79 Å². The quantitative estimate of drug-likeness (QED) is 0.553. The predicted molar refractivity (Wildman–Crippen MR) is 127 cm³/mol. The number of aromatic nitrogens is 1. The van der Waals surface area contributed by atoms with E-state index in [9.17, 15) is 19.8 Å². The van der Waals surface area contributed by atoms with Crippen LogP contribution in [0, 0.1) is 27.7 Å². The van der Waals surface area contributed by atoms with Crippen LogP contribution in [0.4, 0.5) is 0 Å². The molecule has 33 heavy (non-hydrogen) atoms. The number of aliphatic hydroxyl groups excluding tert-OH is 1. The molecule has 3 aromatic rings. The number of carbonyl (C=O) groups excluding carboxylic acids is 1. The maximum absolute atomic E-state index is 12.2. The first-order chi connectivity index (χ1) is 15.6. The Balaban J connectivity index is 1.58. The summed E-state index contributed by atoms with van der Waals surface area (Å²) in [6.45, 7) is 10.2. The Morgan fingerprint density at radius 1 is 1.06 bits per heavy atom. The lowest BCUT2D eigenvalue weighted by atomic mass is 9.90. The molecule has 0 aliphatic heterocycles. The average Bonchev–Trinajstić information content (AvgIpc) is 3.21. The van der Waals surface area contributed by atoms with E-state index >= 15 is 0 Å². The van der Waals surface area contributed by atoms with Crippen LogP contribution < -0.4 is 15.7 Å². The molecule has 2 aromatic carbocycles. The van der Waals surface area contributed by atoms with Crippen molar-refractivity contribution < 1.29 is 19.8 Å². The van der Waals surface area contributed by atoms with E-state index in [4.69, 9.17) is 4.84 Å². The van der Waals surface area contributed by atoms with Gasteiger partial charge >= 0.3 is 5.97 Å². The third kappa shape index (κ3) is 4.03. The summed E-state index contributed by atoms with van der Waals surface area (Å²) in [4.78, 5) is 28.7. The van der Waals surface area contributed by atoms with Gasteiger partial charge in [0.25, 0.3) is 5.56 Å². The molecule has 1 aliphatic carbocycles. The van der Waals surface area contributed by atoms with Crippen LogP contribution in [0.15, 0.2) is 29.1 Å². The Morgan fingerprint density at radius 3 is 2.24 bits per heavy atom. The topological polar surface area (TPSA) is 101 Å². The first kappa shape index (κ1) is 23.0. The molecule has 7 heteroatoms. The highest BCUT2D eigenvalue weighted by atomic mass is 16.7. The first-order valence-corrected chi connectivity index (χ1v) is 11.2. The SMILES string of the molecule is CC(=O)On1c(=O)ccc2c([C@H](O)CNC3Cc4c(C)c(C)c(C)c(C)c4C3)ccc(O)c21. The molecule has 0 radical (unpaired) electrons. The highest BCUT2D eigenvalue weighted by Crippen LogP contribution is 2.34. The van der Waals surface area contributed by atoms with Crippen LogP contribution in [0.5, 0.6) is 5.75 Å². The van der Waals surface area contributed by atoms with Crippen LogP contribution in [0.25, 0.3) is 10.9 Å². The lowest BCUT2D eigenvalue weighted by Gasteiger charge is -2.19. The third-order valence-electron chi connectivity index (χ3n) is 7.06. The van der Waals surface area contributed by atoms with E-state index in [0.29, 0.717) is 17.5 Å². The fourth-order valence-electron chi connectivity index (χ4n) is 4.96. The molecule has 0 unspecified atom stereocenters. The summed E-state index contributed by atoms with van der Waals surface area (Å²) in [6, 6.07) is 6.01. The molecular formula is C26H30N2O5. The highest BCUT2D eigenvalue weighted by Gasteiger charge is 2.27. The van der Waals surface area contributed by atoms with Crippen LogP contribution in [-0.2, 0) is 17.6 Å². The van der Waals surface area contributed by atoms with Crippen molar-refractivity contribution in [2.75, 3.05) is 6.54 Å². The van der Waals surface area contributed by atoms with Gasteiger partial charge in [0.15, 0.2) is 0 Å². The average molecular weight is 451 g/mol. The maximum atomic E-state index is 12.2. The van der Waals surface area contributed by atoms with Crippen LogP contribution >= 0.6 is 0 Å². The lowest BCUT2D eigenvalue weighted by molar-refractivity contribution is -0.141. The van der Waals surface area contributed by atoms with E-state index in [1.165, 1.54) is 58.5 Å². The summed E-state index contributed by atoms with van der Waals surface area (Å²) in [5, 5.41) is 25.3. The second-order valence-electron chi connectivity index (χ2n) is 8.97. The monoisotopic (exact) mass is 450 g/mol. The minimum atomic E-state index is -0.884. The number of aromatic hydroxyl groups is 1. The molecule has 1 atom stereocenters. The number of carbonyl (C=O) groups is 1. The number of nitrogens with one attached hydrogen (secondary N) is 1. The molecule has 0 amide bonds. The molecule has 1 heterocycles. The molecule has 0 saturated heterocycles. The summed E-state index contributed by atoms with van der Waals surface area (Å²) in [6.07, 6.45) is 0.946. The molecule has 1 aromatic heterocycles. The zero-order chi connectivity index (χ0) is 24.0. The molecule has 3 N–H and O–H groups in total. The third-order valence-corrected chi connectivity index (χ3v) is 7.06. The lowest BCUT2D eigenvalue weighted by Crippen LogP contribution is -2.33.